The fourth-order valence-electron chi connectivity index (χ4n) is 13.1. The summed E-state index contributed by atoms with van der Waals surface area (Å²) in [7, 11) is 5.26. The normalized spacial score (nSPS) is 21.3. The van der Waals surface area contributed by atoms with Gasteiger partial charge >= 0.3 is 0 Å². The van der Waals surface area contributed by atoms with E-state index in [4.69, 9.17) is 28.9 Å². The number of nitrogens with zero attached hydrogens (tertiary/aromatic N) is 6. The Morgan fingerprint density at radius 3 is 1.81 bits per heavy atom. The first-order valence-electron chi connectivity index (χ1n) is 33.2. The molecule has 2 saturated heterocycles. The van der Waals surface area contributed by atoms with Crippen molar-refractivity contribution >= 4 is 82.0 Å². The SMILES string of the molecule is COc1cc2c(cc1OCCCOc1cc3c(cc1OC)C(=O)N1C=C(c4ccc(NC(=O)[C@H](C)NC(=O)C(NC(=O)CCCCCN5C(=O)CC(C6=C/C=C\C=C/C=C\6)C5=O)C(C)C)cc4)C[C@H]1C=N3)N=C[C@@H]1CC(c3ccc(CCC4CCN(C)CC4)cc3)=CN1C2=O. The predicted octanol–water partition coefficient (Wildman–Crippen LogP) is 10.9. The molecule has 2 unspecified atom stereocenters. The van der Waals surface area contributed by atoms with E-state index in [2.05, 4.69) is 52.2 Å². The van der Waals surface area contributed by atoms with Crippen LogP contribution in [-0.2, 0) is 30.4 Å². The molecule has 4 aromatic carbocycles. The molecule has 7 amide bonds. The maximum Gasteiger partial charge on any atom is 0.260 e. The van der Waals surface area contributed by atoms with Crippen molar-refractivity contribution in [1.82, 2.24) is 30.2 Å². The molecule has 20 nitrogen and oxygen atoms in total. The highest BCUT2D eigenvalue weighted by Crippen LogP contribution is 2.42. The van der Waals surface area contributed by atoms with Crippen LogP contribution in [-0.4, -0.2) is 152 Å². The quantitative estimate of drug-likeness (QED) is 0.0394. The minimum atomic E-state index is -0.936. The number of hydrogen-bond donors (Lipinski definition) is 3. The Morgan fingerprint density at radius 2 is 1.22 bits per heavy atom. The molecular formula is C75H85N9O11. The van der Waals surface area contributed by atoms with Crippen LogP contribution in [0, 0.1) is 17.8 Å². The van der Waals surface area contributed by atoms with Crippen molar-refractivity contribution in [2.75, 3.05) is 59.4 Å². The van der Waals surface area contributed by atoms with Gasteiger partial charge in [-0.15, -0.1) is 0 Å². The van der Waals surface area contributed by atoms with Gasteiger partial charge in [-0.3, -0.25) is 48.4 Å². The summed E-state index contributed by atoms with van der Waals surface area (Å²) in [6, 6.07) is 20.4. The third-order valence-electron chi connectivity index (χ3n) is 18.7. The lowest BCUT2D eigenvalue weighted by molar-refractivity contribution is -0.139. The number of methoxy groups -OCH3 is 2. The summed E-state index contributed by atoms with van der Waals surface area (Å²) in [5.74, 6) is -0.410. The molecule has 3 N–H and O–H groups in total. The van der Waals surface area contributed by atoms with Gasteiger partial charge in [-0.2, -0.15) is 0 Å². The van der Waals surface area contributed by atoms with Crippen LogP contribution < -0.4 is 34.9 Å². The topological polar surface area (TPSA) is 230 Å². The number of fused-ring (bicyclic) bond motifs is 4. The van der Waals surface area contributed by atoms with Gasteiger partial charge < -0.3 is 49.6 Å². The Morgan fingerprint density at radius 1 is 0.642 bits per heavy atom. The zero-order valence-electron chi connectivity index (χ0n) is 55.0. The van der Waals surface area contributed by atoms with E-state index in [9.17, 15) is 33.6 Å². The zero-order chi connectivity index (χ0) is 66.7. The molecule has 11 rings (SSSR count). The van der Waals surface area contributed by atoms with Gasteiger partial charge in [0.05, 0.1) is 67.9 Å². The number of imide groups is 1. The smallest absolute Gasteiger partial charge is 0.260 e. The van der Waals surface area contributed by atoms with E-state index >= 15 is 0 Å². The fraction of sp³-hybridized carbons (Fsp3) is 0.400. The number of ether oxygens (including phenoxy) is 4. The molecule has 0 saturated carbocycles. The van der Waals surface area contributed by atoms with E-state index in [0.717, 1.165) is 40.2 Å². The lowest BCUT2D eigenvalue weighted by Crippen LogP contribution is -2.53. The number of nitrogens with one attached hydrogen (secondary N) is 3. The van der Waals surface area contributed by atoms with E-state index in [1.807, 2.05) is 87.1 Å². The van der Waals surface area contributed by atoms with E-state index in [1.165, 1.54) is 49.9 Å². The molecule has 0 aromatic heterocycles. The highest BCUT2D eigenvalue weighted by Gasteiger charge is 2.40. The molecule has 95 heavy (non-hydrogen) atoms. The molecular weight excluding hydrogens is 1200 g/mol. The summed E-state index contributed by atoms with van der Waals surface area (Å²) in [5.41, 5.74) is 8.32. The Labute approximate surface area is 555 Å². The number of carbonyl (C=O) groups excluding carboxylic acids is 7. The van der Waals surface area contributed by atoms with E-state index in [0.29, 0.717) is 89.7 Å². The summed E-state index contributed by atoms with van der Waals surface area (Å²) in [6.45, 7) is 8.35. The first kappa shape index (κ1) is 66.8. The molecule has 0 radical (unpaired) electrons. The van der Waals surface area contributed by atoms with Gasteiger partial charge in [0.1, 0.15) is 12.1 Å². The average Bonchev–Trinajstić information content (AvgIpc) is 1.67. The number of anilines is 1. The molecule has 1 aliphatic carbocycles. The first-order chi connectivity index (χ1) is 46.0. The lowest BCUT2D eigenvalue weighted by atomic mass is 9.90. The van der Waals surface area contributed by atoms with Crippen molar-refractivity contribution in [2.45, 2.75) is 122 Å². The second-order valence-corrected chi connectivity index (χ2v) is 25.7. The summed E-state index contributed by atoms with van der Waals surface area (Å²) in [4.78, 5) is 111. The predicted molar refractivity (Wildman–Crippen MR) is 366 cm³/mol. The van der Waals surface area contributed by atoms with Gasteiger partial charge in [0, 0.05) is 81.3 Å². The number of aryl methyl sites for hydroxylation is 1. The molecule has 6 aliphatic heterocycles. The van der Waals surface area contributed by atoms with Crippen LogP contribution in [0.5, 0.6) is 23.0 Å². The van der Waals surface area contributed by atoms with Crippen LogP contribution >= 0.6 is 0 Å². The minimum absolute atomic E-state index is 0.133. The largest absolute Gasteiger partial charge is 0.493 e. The highest BCUT2D eigenvalue weighted by atomic mass is 16.5. The molecule has 20 heteroatoms. The maximum absolute atomic E-state index is 14.2. The van der Waals surface area contributed by atoms with Gasteiger partial charge in [-0.1, -0.05) is 99.2 Å². The number of rotatable bonds is 26. The van der Waals surface area contributed by atoms with Gasteiger partial charge in [0.2, 0.25) is 29.5 Å². The third kappa shape index (κ3) is 15.9. The molecule has 0 spiro atoms. The van der Waals surface area contributed by atoms with Crippen molar-refractivity contribution in [2.24, 2.45) is 27.7 Å². The highest BCUT2D eigenvalue weighted by molar-refractivity contribution is 6.07. The van der Waals surface area contributed by atoms with Crippen LogP contribution in [0.25, 0.3) is 11.1 Å². The number of hydrogen-bond acceptors (Lipinski definition) is 14. The molecule has 4 aromatic rings. The molecule has 5 atom stereocenters. The van der Waals surface area contributed by atoms with E-state index in [-0.39, 0.29) is 80.1 Å². The van der Waals surface area contributed by atoms with Gasteiger partial charge in [-0.25, -0.2) is 0 Å². The van der Waals surface area contributed by atoms with Crippen LogP contribution in [0.2, 0.25) is 0 Å². The van der Waals surface area contributed by atoms with Gasteiger partial charge in [0.15, 0.2) is 23.0 Å². The number of likely N-dealkylation sites (tertiary alicyclic amines) is 2. The monoisotopic (exact) mass is 1290 g/mol. The summed E-state index contributed by atoms with van der Waals surface area (Å²) in [6.07, 6.45) is 28.8. The number of piperidine rings is 1. The first-order valence-corrected chi connectivity index (χ1v) is 33.2. The number of benzene rings is 4. The van der Waals surface area contributed by atoms with Crippen LogP contribution in [0.4, 0.5) is 17.1 Å². The van der Waals surface area contributed by atoms with Crippen molar-refractivity contribution in [3.8, 4) is 23.0 Å². The van der Waals surface area contributed by atoms with Gasteiger partial charge in [0.25, 0.3) is 11.8 Å². The second kappa shape index (κ2) is 30.6. The Balaban J connectivity index is 0.614. The van der Waals surface area contributed by atoms with Crippen molar-refractivity contribution in [3.05, 3.63) is 161 Å². The van der Waals surface area contributed by atoms with E-state index < -0.39 is 29.8 Å². The molecule has 0 bridgehead atoms. The molecule has 6 heterocycles. The Hall–Kier alpha value is -9.69. The molecule has 7 aliphatic rings. The minimum Gasteiger partial charge on any atom is -0.493 e. The van der Waals surface area contributed by atoms with Crippen LogP contribution in [0.3, 0.4) is 0 Å². The number of amides is 7. The lowest BCUT2D eigenvalue weighted by Gasteiger charge is -2.28. The fourth-order valence-corrected chi connectivity index (χ4v) is 13.1. The van der Waals surface area contributed by atoms with Crippen molar-refractivity contribution < 1.29 is 52.5 Å². The Bertz CT molecular complexity index is 3830. The Kier molecular flexibility index (Phi) is 21.5. The van der Waals surface area contributed by atoms with Crippen LogP contribution in [0.1, 0.15) is 129 Å². The zero-order valence-corrected chi connectivity index (χ0v) is 55.0. The number of aliphatic imine (C=N–C) groups is 2. The number of carbonyl (C=O) groups is 7. The molecule has 496 valence electrons. The summed E-state index contributed by atoms with van der Waals surface area (Å²) in [5, 5.41) is 8.44. The van der Waals surface area contributed by atoms with Crippen molar-refractivity contribution in [3.63, 3.8) is 0 Å². The van der Waals surface area contributed by atoms with Crippen LogP contribution in [0.15, 0.2) is 143 Å². The number of unbranched alkanes of at least 4 members (excludes halogenated alkanes) is 2. The average molecular weight is 1290 g/mol. The van der Waals surface area contributed by atoms with E-state index in [1.54, 1.807) is 66.4 Å². The standard InChI is InChI=1S/C75H85N9O11/c1-47(2)70(80-68(85)18-13-10-14-31-82-69(86)40-59(73(82)89)53-16-11-8-7-9-12-17-53)72(88)78-48(3)71(87)79-56-27-25-52(26-28-56)55-37-58-44-77-63-42-67(65(93-6)39-61(63)75(91)84(58)46-55)95-35-15-34-94-66-41-62-60(38-64(66)92-5)74(90)83-45-54(36-57(83)43-76-62)51-23-21-49(22-24-51)19-20-50-29-32-81(4)33-30-50/h7-9,11-12,16-17,21-28,38-39,41-48,50,57-59,70H,10,13-15,18-20,29-37,40H2,1-6H3,(H,78,88)(H,79,87)(H,80,85)/b8-7-,9-7?,11-8?,12-9-,16-11-,17-12?,53-16?,53-17+/t48-,57-,58-,59?,70?/m0/s1. The second-order valence-electron chi connectivity index (χ2n) is 25.7. The molecule has 2 fully saturated rings. The summed E-state index contributed by atoms with van der Waals surface area (Å²) < 4.78 is 23.9. The maximum atomic E-state index is 14.2. The third-order valence-corrected chi connectivity index (χ3v) is 18.7. The van der Waals surface area contributed by atoms with Gasteiger partial charge in [-0.05, 0) is 135 Å². The number of allylic oxidation sites excluding steroid dienone is 7. The van der Waals surface area contributed by atoms with Crippen molar-refractivity contribution in [1.29, 1.82) is 0 Å². The summed E-state index contributed by atoms with van der Waals surface area (Å²) >= 11 is 0.